The Bertz CT molecular complexity index is 818. The number of carbonyl (C=O) groups excluding carboxylic acids is 2. The molecular formula is C24H33FN2O4. The minimum absolute atomic E-state index is 0.105. The van der Waals surface area contributed by atoms with Crippen molar-refractivity contribution in [2.75, 3.05) is 19.7 Å². The fraction of sp³-hybridized carbons (Fsp3) is 0.667. The van der Waals surface area contributed by atoms with Gasteiger partial charge in [0.15, 0.2) is 0 Å². The smallest absolute Gasteiger partial charge is 0.410 e. The third kappa shape index (κ3) is 5.49. The summed E-state index contributed by atoms with van der Waals surface area (Å²) >= 11 is 0. The monoisotopic (exact) mass is 432 g/mol. The summed E-state index contributed by atoms with van der Waals surface area (Å²) in [7, 11) is 0. The number of ether oxygens (including phenoxy) is 2. The molecule has 170 valence electrons. The summed E-state index contributed by atoms with van der Waals surface area (Å²) in [6, 6.07) is 4.56. The van der Waals surface area contributed by atoms with Gasteiger partial charge in [-0.2, -0.15) is 0 Å². The molecular weight excluding hydrogens is 399 g/mol. The van der Waals surface area contributed by atoms with Crippen LogP contribution in [0.1, 0.15) is 57.4 Å². The summed E-state index contributed by atoms with van der Waals surface area (Å²) in [6.07, 6.45) is 6.93. The number of hydrogen-bond acceptors (Lipinski definition) is 4. The van der Waals surface area contributed by atoms with Gasteiger partial charge in [-0.15, -0.1) is 0 Å². The van der Waals surface area contributed by atoms with E-state index in [1.54, 1.807) is 12.1 Å². The van der Waals surface area contributed by atoms with Crippen molar-refractivity contribution in [1.29, 1.82) is 0 Å². The van der Waals surface area contributed by atoms with E-state index >= 15 is 0 Å². The zero-order chi connectivity index (χ0) is 22.0. The maximum Gasteiger partial charge on any atom is 0.410 e. The van der Waals surface area contributed by atoms with Gasteiger partial charge in [0.2, 0.25) is 5.91 Å². The molecule has 1 aromatic rings. The second-order valence-corrected chi connectivity index (χ2v) is 9.42. The third-order valence-electron chi connectivity index (χ3n) is 7.28. The number of rotatable bonds is 9. The molecule has 6 nitrogen and oxygen atoms in total. The maximum absolute atomic E-state index is 14.0. The molecule has 1 aliphatic heterocycles. The minimum Gasteiger partial charge on any atom is -0.493 e. The number of nitrogens with two attached hydrogens (primary N) is 1. The predicted molar refractivity (Wildman–Crippen MR) is 114 cm³/mol. The van der Waals surface area contributed by atoms with E-state index in [1.807, 2.05) is 4.90 Å². The van der Waals surface area contributed by atoms with E-state index in [1.165, 1.54) is 12.5 Å². The van der Waals surface area contributed by atoms with Crippen molar-refractivity contribution in [1.82, 2.24) is 4.90 Å². The van der Waals surface area contributed by atoms with Gasteiger partial charge in [0, 0.05) is 19.2 Å². The second-order valence-electron chi connectivity index (χ2n) is 9.42. The normalized spacial score (nSPS) is 24.5. The van der Waals surface area contributed by atoms with Crippen molar-refractivity contribution in [2.24, 2.45) is 23.5 Å². The zero-order valence-corrected chi connectivity index (χ0v) is 18.3. The van der Waals surface area contributed by atoms with Crippen LogP contribution < -0.4 is 10.5 Å². The lowest BCUT2D eigenvalue weighted by molar-refractivity contribution is -0.117. The van der Waals surface area contributed by atoms with E-state index in [-0.39, 0.29) is 18.1 Å². The largest absolute Gasteiger partial charge is 0.493 e. The molecule has 4 rings (SSSR count). The maximum atomic E-state index is 14.0. The molecule has 2 atom stereocenters. The Balaban J connectivity index is 1.14. The lowest BCUT2D eigenvalue weighted by atomic mass is 9.91. The highest BCUT2D eigenvalue weighted by Crippen LogP contribution is 2.50. The number of amides is 2. The molecule has 0 aromatic heterocycles. The Labute approximate surface area is 183 Å². The van der Waals surface area contributed by atoms with Crippen molar-refractivity contribution in [2.45, 2.75) is 63.9 Å². The van der Waals surface area contributed by atoms with Crippen LogP contribution in [0.4, 0.5) is 9.18 Å². The Morgan fingerprint density at radius 3 is 2.61 bits per heavy atom. The van der Waals surface area contributed by atoms with Gasteiger partial charge in [-0.1, -0.05) is 13.0 Å². The number of likely N-dealkylation sites (tertiary alicyclic amines) is 1. The fourth-order valence-corrected chi connectivity index (χ4v) is 4.88. The Kier molecular flexibility index (Phi) is 6.39. The van der Waals surface area contributed by atoms with Crippen molar-refractivity contribution in [3.63, 3.8) is 0 Å². The fourth-order valence-electron chi connectivity index (χ4n) is 4.88. The molecule has 2 aliphatic carbocycles. The number of piperidine rings is 1. The molecule has 2 N–H and O–H groups in total. The molecule has 0 spiro atoms. The van der Waals surface area contributed by atoms with Crippen LogP contribution in [0.3, 0.4) is 0 Å². The van der Waals surface area contributed by atoms with Crippen molar-refractivity contribution in [3.8, 4) is 5.75 Å². The summed E-state index contributed by atoms with van der Waals surface area (Å²) in [5.41, 5.74) is 5.24. The zero-order valence-electron chi connectivity index (χ0n) is 18.3. The van der Waals surface area contributed by atoms with Gasteiger partial charge in [0.25, 0.3) is 0 Å². The molecule has 3 fully saturated rings. The molecule has 1 heterocycles. The molecule has 0 radical (unpaired) electrons. The van der Waals surface area contributed by atoms with E-state index in [2.05, 4.69) is 6.92 Å². The molecule has 2 amide bonds. The quantitative estimate of drug-likeness (QED) is 0.638. The molecule has 0 bridgehead atoms. The van der Waals surface area contributed by atoms with Gasteiger partial charge in [-0.05, 0) is 74.3 Å². The first-order chi connectivity index (χ1) is 14.9. The second kappa shape index (κ2) is 9.05. The van der Waals surface area contributed by atoms with Crippen LogP contribution in [0.15, 0.2) is 18.2 Å². The standard InChI is InChI=1S/C24H33FN2O4/c1-2-24(8-9-24)31-23(29)27-10-5-16(6-11-27)20-13-17(20)7-12-30-19-4-3-18(14-22(26)28)21(25)15-19/h3-4,15-17,20H,2,5-14H2,1H3,(H2,26,28). The van der Waals surface area contributed by atoms with Crippen molar-refractivity contribution < 1.29 is 23.5 Å². The van der Waals surface area contributed by atoms with Crippen LogP contribution in [0.25, 0.3) is 0 Å². The van der Waals surface area contributed by atoms with Gasteiger partial charge in [0.05, 0.1) is 13.0 Å². The molecule has 1 aromatic carbocycles. The van der Waals surface area contributed by atoms with Crippen LogP contribution >= 0.6 is 0 Å². The lowest BCUT2D eigenvalue weighted by Crippen LogP contribution is -2.41. The summed E-state index contributed by atoms with van der Waals surface area (Å²) < 4.78 is 25.4. The lowest BCUT2D eigenvalue weighted by Gasteiger charge is -2.32. The number of benzene rings is 1. The number of hydrogen-bond donors (Lipinski definition) is 1. The molecule has 2 saturated carbocycles. The summed E-state index contributed by atoms with van der Waals surface area (Å²) in [5.74, 6) is 1.50. The molecule has 1 saturated heterocycles. The number of halogens is 1. The van der Waals surface area contributed by atoms with Crippen LogP contribution in [-0.4, -0.2) is 42.2 Å². The highest BCUT2D eigenvalue weighted by molar-refractivity contribution is 5.76. The van der Waals surface area contributed by atoms with Crippen LogP contribution in [0.2, 0.25) is 0 Å². The first-order valence-corrected chi connectivity index (χ1v) is 11.6. The van der Waals surface area contributed by atoms with E-state index in [4.69, 9.17) is 15.2 Å². The van der Waals surface area contributed by atoms with E-state index in [0.29, 0.717) is 35.7 Å². The van der Waals surface area contributed by atoms with E-state index < -0.39 is 11.7 Å². The number of carbonyl (C=O) groups is 2. The highest BCUT2D eigenvalue weighted by Gasteiger charge is 2.47. The van der Waals surface area contributed by atoms with Gasteiger partial charge < -0.3 is 20.1 Å². The van der Waals surface area contributed by atoms with E-state index in [9.17, 15) is 14.0 Å². The summed E-state index contributed by atoms with van der Waals surface area (Å²) in [5, 5.41) is 0. The summed E-state index contributed by atoms with van der Waals surface area (Å²) in [4.78, 5) is 25.2. The van der Waals surface area contributed by atoms with Crippen molar-refractivity contribution in [3.05, 3.63) is 29.6 Å². The minimum atomic E-state index is -0.553. The topological polar surface area (TPSA) is 81.9 Å². The summed E-state index contributed by atoms with van der Waals surface area (Å²) in [6.45, 7) is 4.22. The molecule has 2 unspecified atom stereocenters. The SMILES string of the molecule is CCC1(OC(=O)N2CCC(C3CC3CCOc3ccc(CC(N)=O)c(F)c3)CC2)CC1. The third-order valence-corrected chi connectivity index (χ3v) is 7.28. The first kappa shape index (κ1) is 21.9. The van der Waals surface area contributed by atoms with Gasteiger partial charge >= 0.3 is 6.09 Å². The van der Waals surface area contributed by atoms with Gasteiger partial charge in [-0.25, -0.2) is 9.18 Å². The Morgan fingerprint density at radius 1 is 1.26 bits per heavy atom. The van der Waals surface area contributed by atoms with E-state index in [0.717, 1.165) is 51.6 Å². The van der Waals surface area contributed by atoms with Crippen molar-refractivity contribution >= 4 is 12.0 Å². The number of nitrogens with zero attached hydrogens (tertiary/aromatic N) is 1. The van der Waals surface area contributed by atoms with Crippen LogP contribution in [0, 0.1) is 23.6 Å². The molecule has 31 heavy (non-hydrogen) atoms. The first-order valence-electron chi connectivity index (χ1n) is 11.6. The van der Waals surface area contributed by atoms with Gasteiger partial charge in [-0.3, -0.25) is 4.79 Å². The predicted octanol–water partition coefficient (Wildman–Crippen LogP) is 4.05. The molecule has 3 aliphatic rings. The average Bonchev–Trinajstić information content (AvgIpc) is 3.67. The van der Waals surface area contributed by atoms with Crippen LogP contribution in [0.5, 0.6) is 5.75 Å². The number of primary amides is 1. The highest BCUT2D eigenvalue weighted by atomic mass is 19.1. The molecule has 7 heteroatoms. The van der Waals surface area contributed by atoms with Crippen LogP contribution in [-0.2, 0) is 16.0 Å². The van der Waals surface area contributed by atoms with Gasteiger partial charge in [0.1, 0.15) is 17.2 Å². The average molecular weight is 433 g/mol. The Hall–Kier alpha value is -2.31. The Morgan fingerprint density at radius 2 is 2.00 bits per heavy atom.